The summed E-state index contributed by atoms with van der Waals surface area (Å²) in [7, 11) is 0. The van der Waals surface area contributed by atoms with Crippen LogP contribution in [0.1, 0.15) is 64.7 Å². The summed E-state index contributed by atoms with van der Waals surface area (Å²) in [4.78, 5) is 0. The van der Waals surface area contributed by atoms with Gasteiger partial charge >= 0.3 is 0 Å². The smallest absolute Gasteiger partial charge is 0.123 e. The number of hydrogen-bond acceptors (Lipinski definition) is 1. The van der Waals surface area contributed by atoms with Crippen molar-refractivity contribution in [3.05, 3.63) is 53.1 Å². The number of benzene rings is 1. The molecule has 1 N–H and O–H groups in total. The first-order valence-electron chi connectivity index (χ1n) is 7.60. The molecule has 0 amide bonds. The van der Waals surface area contributed by atoms with E-state index in [1.807, 2.05) is 12.2 Å². The molecule has 4 heteroatoms. The predicted molar refractivity (Wildman–Crippen MR) is 106 cm³/mol. The van der Waals surface area contributed by atoms with Gasteiger partial charge in [0.25, 0.3) is 0 Å². The quantitative estimate of drug-likeness (QED) is 0.388. The van der Waals surface area contributed by atoms with Gasteiger partial charge in [-0.1, -0.05) is 59.2 Å². The minimum atomic E-state index is -0.0178. The fourth-order valence-electron chi connectivity index (χ4n) is 2.26. The minimum absolute atomic E-state index is 0. The van der Waals surface area contributed by atoms with E-state index in [2.05, 4.69) is 72.8 Å². The molecule has 1 aromatic rings. The number of phenolic OH excluding ortho intramolecular Hbond substituents is 1. The van der Waals surface area contributed by atoms with Crippen LogP contribution in [0.15, 0.2) is 30.4 Å². The second-order valence-electron chi connectivity index (χ2n) is 7.71. The molecular weight excluding hydrogens is 375 g/mol. The van der Waals surface area contributed by atoms with E-state index in [0.29, 0.717) is 5.75 Å². The maximum Gasteiger partial charge on any atom is 0.123 e. The van der Waals surface area contributed by atoms with Crippen LogP contribution in [0.3, 0.4) is 0 Å². The van der Waals surface area contributed by atoms with Gasteiger partial charge in [0, 0.05) is 21.7 Å². The van der Waals surface area contributed by atoms with Crippen LogP contribution < -0.4 is 0 Å². The molecule has 2 rings (SSSR count). The van der Waals surface area contributed by atoms with Gasteiger partial charge in [-0.3, -0.25) is 6.08 Å². The average molecular weight is 406 g/mol. The molecule has 0 spiro atoms. The number of aryl methyl sites for hydroxylation is 1. The van der Waals surface area contributed by atoms with E-state index in [1.54, 1.807) is 0 Å². The summed E-state index contributed by atoms with van der Waals surface area (Å²) in [5, 5.41) is 10.4. The van der Waals surface area contributed by atoms with Gasteiger partial charge in [-0.05, 0) is 28.9 Å². The Morgan fingerprint density at radius 1 is 0.917 bits per heavy atom. The Morgan fingerprint density at radius 3 is 1.54 bits per heavy atom. The summed E-state index contributed by atoms with van der Waals surface area (Å²) in [6, 6.07) is 4.18. The molecule has 1 aliphatic carbocycles. The second-order valence-corrected chi connectivity index (χ2v) is 7.71. The Labute approximate surface area is 175 Å². The maximum atomic E-state index is 10.4. The number of halogens is 2. The van der Waals surface area contributed by atoms with Gasteiger partial charge in [-0.15, -0.1) is 31.2 Å². The first-order chi connectivity index (χ1) is 9.53. The summed E-state index contributed by atoms with van der Waals surface area (Å²) in [6.07, 6.45) is 10.0. The van der Waals surface area contributed by atoms with Crippen molar-refractivity contribution >= 4 is 24.8 Å². The Kier molecular flexibility index (Phi) is 13.6. The van der Waals surface area contributed by atoms with Gasteiger partial charge in [0.15, 0.2) is 0 Å². The Bertz CT molecular complexity index is 505. The van der Waals surface area contributed by atoms with Crippen molar-refractivity contribution in [2.75, 3.05) is 0 Å². The van der Waals surface area contributed by atoms with Crippen LogP contribution in [-0.2, 0) is 32.5 Å². The first kappa shape index (κ1) is 28.6. The van der Waals surface area contributed by atoms with Gasteiger partial charge < -0.3 is 5.11 Å². The van der Waals surface area contributed by atoms with Crippen LogP contribution in [0.2, 0.25) is 0 Å². The molecule has 0 fully saturated rings. The zero-order valence-corrected chi connectivity index (χ0v) is 19.1. The molecule has 0 saturated carbocycles. The molecule has 0 radical (unpaired) electrons. The third-order valence-electron chi connectivity index (χ3n) is 3.46. The van der Waals surface area contributed by atoms with Gasteiger partial charge in [0.2, 0.25) is 0 Å². The molecule has 1 aromatic carbocycles. The summed E-state index contributed by atoms with van der Waals surface area (Å²) >= 11 is 0. The van der Waals surface area contributed by atoms with E-state index in [4.69, 9.17) is 0 Å². The molecule has 0 unspecified atom stereocenters. The molecule has 0 heterocycles. The molecule has 0 saturated heterocycles. The van der Waals surface area contributed by atoms with E-state index in [9.17, 15) is 5.11 Å². The first-order valence-corrected chi connectivity index (χ1v) is 7.60. The molecule has 1 aliphatic rings. The van der Waals surface area contributed by atoms with Crippen molar-refractivity contribution in [1.29, 1.82) is 0 Å². The zero-order chi connectivity index (χ0) is 16.3. The van der Waals surface area contributed by atoms with Crippen molar-refractivity contribution < 1.29 is 26.8 Å². The van der Waals surface area contributed by atoms with Crippen molar-refractivity contribution in [3.63, 3.8) is 0 Å². The standard InChI is InChI=1S/C15H24O.C5H5.2ClH.Ti/c1-10-8-11(14(2,3)4)13(16)12(9-10)15(5,6)7;1-2-4-5-3-1;;;/h8-9,16H,1-7H3;1-3H,4H2;2*1H;/q;-1;;;. The molecule has 0 atom stereocenters. The predicted octanol–water partition coefficient (Wildman–Crippen LogP) is 6.44. The third-order valence-corrected chi connectivity index (χ3v) is 3.46. The zero-order valence-electron chi connectivity index (χ0n) is 15.9. The Morgan fingerprint density at radius 2 is 1.33 bits per heavy atom. The number of phenols is 1. The summed E-state index contributed by atoms with van der Waals surface area (Å²) in [6.45, 7) is 14.9. The monoisotopic (exact) mass is 405 g/mol. The second kappa shape index (κ2) is 11.4. The van der Waals surface area contributed by atoms with E-state index in [1.165, 1.54) is 5.56 Å². The molecule has 1 nitrogen and oxygen atoms in total. The Balaban J connectivity index is -0.000000475. The van der Waals surface area contributed by atoms with E-state index >= 15 is 0 Å². The summed E-state index contributed by atoms with van der Waals surface area (Å²) < 4.78 is 0. The SMILES string of the molecule is Cc1cc(C(C)(C)C)c(O)c(C(C)(C)C)c1.Cl.Cl.[C-]1=CC=CC1.[Ti]. The van der Waals surface area contributed by atoms with Crippen LogP contribution in [0.5, 0.6) is 5.75 Å². The topological polar surface area (TPSA) is 20.2 Å². The average Bonchev–Trinajstić information content (AvgIpc) is 2.87. The number of aromatic hydroxyl groups is 1. The maximum absolute atomic E-state index is 10.4. The Hall–Kier alpha value is -0.206. The van der Waals surface area contributed by atoms with Crippen LogP contribution in [0, 0.1) is 13.0 Å². The summed E-state index contributed by atoms with van der Waals surface area (Å²) in [5.74, 6) is 0.464. The van der Waals surface area contributed by atoms with Gasteiger partial charge in [-0.2, -0.15) is 6.08 Å². The number of hydrogen-bond donors (Lipinski definition) is 1. The molecule has 0 aliphatic heterocycles. The number of allylic oxidation sites excluding steroid dienone is 4. The molecule has 24 heavy (non-hydrogen) atoms. The van der Waals surface area contributed by atoms with Crippen molar-refractivity contribution in [1.82, 2.24) is 0 Å². The fourth-order valence-corrected chi connectivity index (χ4v) is 2.26. The number of rotatable bonds is 0. The van der Waals surface area contributed by atoms with E-state index < -0.39 is 0 Å². The van der Waals surface area contributed by atoms with Crippen molar-refractivity contribution in [2.24, 2.45) is 0 Å². The van der Waals surface area contributed by atoms with Crippen LogP contribution in [0.25, 0.3) is 0 Å². The van der Waals surface area contributed by atoms with Crippen molar-refractivity contribution in [3.8, 4) is 5.75 Å². The largest absolute Gasteiger partial charge is 0.507 e. The molecule has 0 bridgehead atoms. The minimum Gasteiger partial charge on any atom is -0.507 e. The van der Waals surface area contributed by atoms with Crippen molar-refractivity contribution in [2.45, 2.75) is 65.7 Å². The normalized spacial score (nSPS) is 12.3. The molecule has 0 aromatic heterocycles. The van der Waals surface area contributed by atoms with Crippen LogP contribution >= 0.6 is 24.8 Å². The molecular formula is C20H31Cl2OTi-. The van der Waals surface area contributed by atoms with E-state index in [0.717, 1.165) is 17.5 Å². The van der Waals surface area contributed by atoms with Gasteiger partial charge in [0.05, 0.1) is 0 Å². The fraction of sp³-hybridized carbons (Fsp3) is 0.500. The molecule has 136 valence electrons. The van der Waals surface area contributed by atoms with E-state index in [-0.39, 0.29) is 57.4 Å². The van der Waals surface area contributed by atoms with Crippen LogP contribution in [-0.4, -0.2) is 5.11 Å². The van der Waals surface area contributed by atoms with Gasteiger partial charge in [0.1, 0.15) is 5.75 Å². The summed E-state index contributed by atoms with van der Waals surface area (Å²) in [5.41, 5.74) is 3.26. The van der Waals surface area contributed by atoms with Gasteiger partial charge in [-0.25, -0.2) is 12.2 Å². The van der Waals surface area contributed by atoms with Crippen LogP contribution in [0.4, 0.5) is 0 Å². The third kappa shape index (κ3) is 8.76.